The molecule has 1 heterocycles. The number of ketones is 1. The number of aldehydes is 1. The lowest BCUT2D eigenvalue weighted by atomic mass is 9.85. The number of hydrogen-bond acceptors (Lipinski definition) is 5. The first-order valence-electron chi connectivity index (χ1n) is 6.68. The van der Waals surface area contributed by atoms with Crippen LogP contribution >= 0.6 is 0 Å². The molecule has 108 valence electrons. The van der Waals surface area contributed by atoms with E-state index >= 15 is 0 Å². The van der Waals surface area contributed by atoms with Gasteiger partial charge in [-0.25, -0.2) is 0 Å². The molecule has 19 heavy (non-hydrogen) atoms. The average Bonchev–Trinajstić information content (AvgIpc) is 2.38. The molecule has 0 aromatic rings. The topological polar surface area (TPSA) is 84.5 Å². The second-order valence-corrected chi connectivity index (χ2v) is 4.79. The minimum absolute atomic E-state index is 0.0567. The highest BCUT2D eigenvalue weighted by molar-refractivity contribution is 6.23. The molecular weight excluding hydrogens is 248 g/mol. The molecule has 1 aliphatic heterocycles. The van der Waals surface area contributed by atoms with Crippen LogP contribution in [0.4, 0.5) is 0 Å². The Bertz CT molecular complexity index is 316. The molecule has 0 aromatic carbocycles. The third-order valence-electron chi connectivity index (χ3n) is 3.41. The van der Waals surface area contributed by atoms with Crippen molar-refractivity contribution in [3.8, 4) is 0 Å². The largest absolute Gasteiger partial charge is 0.379 e. The maximum absolute atomic E-state index is 10.9. The van der Waals surface area contributed by atoms with Crippen LogP contribution in [-0.4, -0.2) is 50.8 Å². The van der Waals surface area contributed by atoms with Gasteiger partial charge in [0.05, 0.1) is 19.3 Å². The summed E-state index contributed by atoms with van der Waals surface area (Å²) < 4.78 is 5.06. The van der Waals surface area contributed by atoms with Crippen LogP contribution in [0.2, 0.25) is 0 Å². The van der Waals surface area contributed by atoms with Gasteiger partial charge in [-0.05, 0) is 25.8 Å². The summed E-state index contributed by atoms with van der Waals surface area (Å²) in [5.74, 6) is 0.402. The summed E-state index contributed by atoms with van der Waals surface area (Å²) in [6.45, 7) is 1.81. The Morgan fingerprint density at radius 2 is 2.21 bits per heavy atom. The van der Waals surface area contributed by atoms with Crippen molar-refractivity contribution in [1.82, 2.24) is 10.6 Å². The van der Waals surface area contributed by atoms with Gasteiger partial charge in [0.15, 0.2) is 5.78 Å². The molecule has 1 saturated heterocycles. The van der Waals surface area contributed by atoms with Crippen molar-refractivity contribution >= 4 is 18.0 Å². The summed E-state index contributed by atoms with van der Waals surface area (Å²) in [5, 5.41) is 5.41. The van der Waals surface area contributed by atoms with Crippen molar-refractivity contribution in [3.63, 3.8) is 0 Å². The quantitative estimate of drug-likeness (QED) is 0.539. The molecule has 1 amide bonds. The smallest absolute Gasteiger partial charge is 0.284 e. The van der Waals surface area contributed by atoms with Crippen molar-refractivity contribution in [3.05, 3.63) is 0 Å². The zero-order valence-electron chi connectivity index (χ0n) is 11.3. The van der Waals surface area contributed by atoms with Gasteiger partial charge < -0.3 is 15.4 Å². The average molecular weight is 270 g/mol. The molecule has 1 saturated carbocycles. The number of likely N-dealkylation sites (N-methyl/N-ethyl adjacent to an activating group) is 1. The van der Waals surface area contributed by atoms with Crippen LogP contribution in [-0.2, 0) is 19.1 Å². The monoisotopic (exact) mass is 270 g/mol. The van der Waals surface area contributed by atoms with Crippen molar-refractivity contribution in [2.75, 3.05) is 26.8 Å². The van der Waals surface area contributed by atoms with E-state index in [2.05, 4.69) is 10.6 Å². The van der Waals surface area contributed by atoms with E-state index < -0.39 is 5.91 Å². The van der Waals surface area contributed by atoms with E-state index in [4.69, 9.17) is 4.74 Å². The number of rotatable bonds is 4. The second-order valence-electron chi connectivity index (χ2n) is 4.79. The Labute approximate surface area is 113 Å². The molecule has 1 aliphatic carbocycles. The molecule has 2 N–H and O–H groups in total. The van der Waals surface area contributed by atoms with Gasteiger partial charge in [-0.3, -0.25) is 14.4 Å². The third-order valence-corrected chi connectivity index (χ3v) is 3.41. The van der Waals surface area contributed by atoms with E-state index in [-0.39, 0.29) is 11.8 Å². The molecular formula is C13H22N2O4. The summed E-state index contributed by atoms with van der Waals surface area (Å²) >= 11 is 0. The van der Waals surface area contributed by atoms with Crippen LogP contribution in [0, 0.1) is 5.92 Å². The Balaban J connectivity index is 0.000000191. The minimum atomic E-state index is -0.494. The normalized spacial score (nSPS) is 22.8. The Morgan fingerprint density at radius 1 is 1.47 bits per heavy atom. The highest BCUT2D eigenvalue weighted by Gasteiger charge is 2.20. The van der Waals surface area contributed by atoms with Crippen LogP contribution < -0.4 is 10.6 Å². The van der Waals surface area contributed by atoms with Crippen LogP contribution in [0.15, 0.2) is 0 Å². The molecule has 6 nitrogen and oxygen atoms in total. The lowest BCUT2D eigenvalue weighted by Crippen LogP contribution is -2.42. The lowest BCUT2D eigenvalue weighted by molar-refractivity contribution is -0.131. The second kappa shape index (κ2) is 8.77. The molecule has 2 rings (SSSR count). The van der Waals surface area contributed by atoms with Gasteiger partial charge in [-0.1, -0.05) is 6.42 Å². The summed E-state index contributed by atoms with van der Waals surface area (Å²) in [6, 6.07) is -0.0567. The Kier molecular flexibility index (Phi) is 7.28. The number of amides is 1. The fraction of sp³-hybridized carbons (Fsp3) is 0.769. The molecule has 0 bridgehead atoms. The zero-order valence-corrected chi connectivity index (χ0v) is 11.3. The number of Topliss-reactive ketones (excluding diaryl/α,β-unsaturated/α-hetero) is 1. The SMILES string of the molecule is CNC1COCCC1=O.O=CC(=O)NCC1CCC1. The van der Waals surface area contributed by atoms with Crippen molar-refractivity contribution in [2.24, 2.45) is 5.92 Å². The predicted molar refractivity (Wildman–Crippen MR) is 69.7 cm³/mol. The van der Waals surface area contributed by atoms with Gasteiger partial charge in [-0.2, -0.15) is 0 Å². The van der Waals surface area contributed by atoms with Crippen molar-refractivity contribution in [1.29, 1.82) is 0 Å². The zero-order chi connectivity index (χ0) is 14.1. The number of carbonyl (C=O) groups excluding carboxylic acids is 3. The van der Waals surface area contributed by atoms with E-state index in [1.54, 1.807) is 7.05 Å². The van der Waals surface area contributed by atoms with Crippen LogP contribution in [0.3, 0.4) is 0 Å². The van der Waals surface area contributed by atoms with Crippen LogP contribution in [0.1, 0.15) is 25.7 Å². The Hall–Kier alpha value is -1.27. The molecule has 2 aliphatic rings. The fourth-order valence-corrected chi connectivity index (χ4v) is 1.87. The highest BCUT2D eigenvalue weighted by Crippen LogP contribution is 2.24. The van der Waals surface area contributed by atoms with Crippen molar-refractivity contribution in [2.45, 2.75) is 31.7 Å². The molecule has 2 fully saturated rings. The molecule has 6 heteroatoms. The number of nitrogens with one attached hydrogen (secondary N) is 2. The van der Waals surface area contributed by atoms with E-state index in [0.29, 0.717) is 38.4 Å². The summed E-state index contributed by atoms with van der Waals surface area (Å²) in [6.07, 6.45) is 4.53. The van der Waals surface area contributed by atoms with Gasteiger partial charge in [-0.15, -0.1) is 0 Å². The van der Waals surface area contributed by atoms with Gasteiger partial charge in [0, 0.05) is 13.0 Å². The maximum Gasteiger partial charge on any atom is 0.284 e. The maximum atomic E-state index is 10.9. The molecule has 0 radical (unpaired) electrons. The fourth-order valence-electron chi connectivity index (χ4n) is 1.87. The number of ether oxygens (including phenoxy) is 1. The van der Waals surface area contributed by atoms with E-state index in [9.17, 15) is 14.4 Å². The number of carbonyl (C=O) groups is 3. The Morgan fingerprint density at radius 3 is 2.63 bits per heavy atom. The highest BCUT2D eigenvalue weighted by atomic mass is 16.5. The van der Waals surface area contributed by atoms with Gasteiger partial charge in [0.25, 0.3) is 5.91 Å². The predicted octanol–water partition coefficient (Wildman–Crippen LogP) is -0.335. The molecule has 1 unspecified atom stereocenters. The molecule has 0 spiro atoms. The number of hydrogen-bond donors (Lipinski definition) is 2. The minimum Gasteiger partial charge on any atom is -0.379 e. The lowest BCUT2D eigenvalue weighted by Gasteiger charge is -2.24. The van der Waals surface area contributed by atoms with E-state index in [1.165, 1.54) is 19.3 Å². The first kappa shape index (κ1) is 15.8. The first-order valence-corrected chi connectivity index (χ1v) is 6.68. The standard InChI is InChI=1S/C7H11NO2.C6H11NO2/c9-5-7(10)8-4-6-2-1-3-6;1-7-5-4-9-3-2-6(5)8/h5-6H,1-4H2,(H,8,10);5,7H,2-4H2,1H3. The van der Waals surface area contributed by atoms with E-state index in [0.717, 1.165) is 0 Å². The molecule has 1 atom stereocenters. The third kappa shape index (κ3) is 5.94. The van der Waals surface area contributed by atoms with E-state index in [1.807, 2.05) is 0 Å². The molecule has 0 aromatic heterocycles. The summed E-state index contributed by atoms with van der Waals surface area (Å²) in [4.78, 5) is 31.1. The van der Waals surface area contributed by atoms with Gasteiger partial charge in [0.2, 0.25) is 6.29 Å². The summed E-state index contributed by atoms with van der Waals surface area (Å²) in [5.41, 5.74) is 0. The summed E-state index contributed by atoms with van der Waals surface area (Å²) in [7, 11) is 1.78. The van der Waals surface area contributed by atoms with Crippen LogP contribution in [0.5, 0.6) is 0 Å². The van der Waals surface area contributed by atoms with Crippen molar-refractivity contribution < 1.29 is 19.1 Å². The van der Waals surface area contributed by atoms with Gasteiger partial charge >= 0.3 is 0 Å². The first-order chi connectivity index (χ1) is 9.17. The van der Waals surface area contributed by atoms with Gasteiger partial charge in [0.1, 0.15) is 0 Å². The van der Waals surface area contributed by atoms with Crippen LogP contribution in [0.25, 0.3) is 0 Å².